The van der Waals surface area contributed by atoms with Gasteiger partial charge in [-0.25, -0.2) is 0 Å². The summed E-state index contributed by atoms with van der Waals surface area (Å²) < 4.78 is 0. The maximum Gasteiger partial charge on any atom is 0.229 e. The molecule has 0 aromatic carbocycles. The van der Waals surface area contributed by atoms with E-state index >= 15 is 0 Å². The van der Waals surface area contributed by atoms with E-state index in [-0.39, 0.29) is 11.3 Å². The molecule has 0 aromatic rings. The average molecular weight is 238 g/mol. The van der Waals surface area contributed by atoms with Crippen LogP contribution in [0.25, 0.3) is 0 Å². The van der Waals surface area contributed by atoms with Gasteiger partial charge in [-0.3, -0.25) is 4.79 Å². The summed E-state index contributed by atoms with van der Waals surface area (Å²) in [4.78, 5) is 14.4. The predicted octanol–water partition coefficient (Wildman–Crippen LogP) is 2.15. The number of nitrogens with two attached hydrogens (primary N) is 1. The lowest BCUT2D eigenvalue weighted by atomic mass is 9.73. The highest BCUT2D eigenvalue weighted by molar-refractivity contribution is 5.82. The smallest absolute Gasteiger partial charge is 0.229 e. The van der Waals surface area contributed by atoms with E-state index in [4.69, 9.17) is 5.73 Å². The normalized spacial score (nSPS) is 24.3. The average Bonchev–Trinajstić information content (AvgIpc) is 2.73. The van der Waals surface area contributed by atoms with Crippen molar-refractivity contribution in [1.82, 2.24) is 4.90 Å². The molecule has 2 fully saturated rings. The minimum Gasteiger partial charge on any atom is -0.342 e. The lowest BCUT2D eigenvalue weighted by Crippen LogP contribution is -2.44. The molecule has 98 valence electrons. The van der Waals surface area contributed by atoms with Crippen molar-refractivity contribution in [2.45, 2.75) is 52.4 Å². The Kier molecular flexibility index (Phi) is 3.48. The summed E-state index contributed by atoms with van der Waals surface area (Å²) in [5.41, 5.74) is 5.77. The number of likely N-dealkylation sites (tertiary alicyclic amines) is 1. The fraction of sp³-hybridized carbons (Fsp3) is 0.929. The third-order valence-corrected chi connectivity index (χ3v) is 4.73. The van der Waals surface area contributed by atoms with Gasteiger partial charge in [-0.15, -0.1) is 0 Å². The van der Waals surface area contributed by atoms with Crippen LogP contribution in [0.2, 0.25) is 0 Å². The number of hydrogen-bond donors (Lipinski definition) is 1. The summed E-state index contributed by atoms with van der Waals surface area (Å²) in [5.74, 6) is 0.252. The van der Waals surface area contributed by atoms with Gasteiger partial charge >= 0.3 is 0 Å². The number of amides is 1. The second-order valence-corrected chi connectivity index (χ2v) is 6.63. The zero-order valence-corrected chi connectivity index (χ0v) is 11.3. The molecule has 0 aromatic heterocycles. The molecule has 3 heteroatoms. The van der Waals surface area contributed by atoms with Crippen LogP contribution in [-0.2, 0) is 4.79 Å². The first-order valence-electron chi connectivity index (χ1n) is 6.99. The molecule has 1 spiro atoms. The molecule has 1 saturated carbocycles. The molecule has 0 unspecified atom stereocenters. The van der Waals surface area contributed by atoms with Gasteiger partial charge in [0.05, 0.1) is 5.41 Å². The molecule has 2 rings (SSSR count). The molecule has 2 N–H and O–H groups in total. The summed E-state index contributed by atoms with van der Waals surface area (Å²) in [5, 5.41) is 0. The standard InChI is InChI=1S/C14H26N2O/c1-13(2,10-15)12(17)16-9-8-14(11-16)6-4-3-5-7-14/h3-11,15H2,1-2H3. The van der Waals surface area contributed by atoms with Crippen molar-refractivity contribution < 1.29 is 4.79 Å². The fourth-order valence-electron chi connectivity index (χ4n) is 3.33. The lowest BCUT2D eigenvalue weighted by molar-refractivity contribution is -0.139. The third kappa shape index (κ3) is 2.49. The Balaban J connectivity index is 2.00. The summed E-state index contributed by atoms with van der Waals surface area (Å²) >= 11 is 0. The van der Waals surface area contributed by atoms with Crippen LogP contribution in [-0.4, -0.2) is 30.4 Å². The number of rotatable bonds is 2. The van der Waals surface area contributed by atoms with Crippen molar-refractivity contribution in [3.05, 3.63) is 0 Å². The third-order valence-electron chi connectivity index (χ3n) is 4.73. The summed E-state index contributed by atoms with van der Waals surface area (Å²) in [6, 6.07) is 0. The highest BCUT2D eigenvalue weighted by Crippen LogP contribution is 2.44. The van der Waals surface area contributed by atoms with Crippen molar-refractivity contribution in [2.75, 3.05) is 19.6 Å². The van der Waals surface area contributed by atoms with Crippen LogP contribution in [0.15, 0.2) is 0 Å². The molecule has 1 saturated heterocycles. The Morgan fingerprint density at radius 1 is 1.24 bits per heavy atom. The summed E-state index contributed by atoms with van der Waals surface area (Å²) in [7, 11) is 0. The molecule has 1 aliphatic heterocycles. The first-order chi connectivity index (χ1) is 7.99. The van der Waals surface area contributed by atoms with E-state index in [0.29, 0.717) is 12.0 Å². The number of hydrogen-bond acceptors (Lipinski definition) is 2. The van der Waals surface area contributed by atoms with Gasteiger partial charge in [0.1, 0.15) is 0 Å². The van der Waals surface area contributed by atoms with E-state index in [1.165, 1.54) is 38.5 Å². The van der Waals surface area contributed by atoms with Crippen LogP contribution in [0.5, 0.6) is 0 Å². The Bertz CT molecular complexity index is 293. The van der Waals surface area contributed by atoms with Crippen LogP contribution < -0.4 is 5.73 Å². The van der Waals surface area contributed by atoms with E-state index in [2.05, 4.69) is 4.90 Å². The van der Waals surface area contributed by atoms with Gasteiger partial charge < -0.3 is 10.6 Å². The van der Waals surface area contributed by atoms with E-state index < -0.39 is 0 Å². The minimum absolute atomic E-state index is 0.252. The molecule has 3 nitrogen and oxygen atoms in total. The van der Waals surface area contributed by atoms with Gasteiger partial charge in [-0.2, -0.15) is 0 Å². The quantitative estimate of drug-likeness (QED) is 0.801. The van der Waals surface area contributed by atoms with Crippen LogP contribution in [0.1, 0.15) is 52.4 Å². The molecule has 0 bridgehead atoms. The first-order valence-corrected chi connectivity index (χ1v) is 6.99. The van der Waals surface area contributed by atoms with Gasteiger partial charge in [-0.05, 0) is 38.5 Å². The predicted molar refractivity (Wildman–Crippen MR) is 69.6 cm³/mol. The Hall–Kier alpha value is -0.570. The van der Waals surface area contributed by atoms with Crippen molar-refractivity contribution >= 4 is 5.91 Å². The van der Waals surface area contributed by atoms with Crippen LogP contribution in [0, 0.1) is 10.8 Å². The minimum atomic E-state index is -0.389. The van der Waals surface area contributed by atoms with E-state index in [1.54, 1.807) is 0 Å². The fourth-order valence-corrected chi connectivity index (χ4v) is 3.33. The van der Waals surface area contributed by atoms with Gasteiger partial charge in [0.25, 0.3) is 0 Å². The zero-order chi connectivity index (χ0) is 12.5. The number of nitrogens with zero attached hydrogens (tertiary/aromatic N) is 1. The monoisotopic (exact) mass is 238 g/mol. The topological polar surface area (TPSA) is 46.3 Å². The van der Waals surface area contributed by atoms with Crippen LogP contribution in [0.4, 0.5) is 0 Å². The number of carbonyl (C=O) groups is 1. The Morgan fingerprint density at radius 2 is 1.88 bits per heavy atom. The van der Waals surface area contributed by atoms with E-state index in [1.807, 2.05) is 13.8 Å². The second-order valence-electron chi connectivity index (χ2n) is 6.63. The molecule has 1 heterocycles. The zero-order valence-electron chi connectivity index (χ0n) is 11.3. The molecule has 0 atom stereocenters. The molecular formula is C14H26N2O. The largest absolute Gasteiger partial charge is 0.342 e. The maximum atomic E-state index is 12.4. The summed E-state index contributed by atoms with van der Waals surface area (Å²) in [6.07, 6.45) is 7.92. The lowest BCUT2D eigenvalue weighted by Gasteiger charge is -2.34. The van der Waals surface area contributed by atoms with Crippen LogP contribution >= 0.6 is 0 Å². The van der Waals surface area contributed by atoms with Crippen molar-refractivity contribution in [1.29, 1.82) is 0 Å². The molecule has 0 radical (unpaired) electrons. The van der Waals surface area contributed by atoms with Crippen molar-refractivity contribution in [3.63, 3.8) is 0 Å². The molecule has 17 heavy (non-hydrogen) atoms. The maximum absolute atomic E-state index is 12.4. The van der Waals surface area contributed by atoms with Crippen molar-refractivity contribution in [2.24, 2.45) is 16.6 Å². The van der Waals surface area contributed by atoms with Gasteiger partial charge in [-0.1, -0.05) is 19.3 Å². The van der Waals surface area contributed by atoms with Gasteiger partial charge in [0, 0.05) is 19.6 Å². The molecule has 1 amide bonds. The highest BCUT2D eigenvalue weighted by atomic mass is 16.2. The van der Waals surface area contributed by atoms with Crippen LogP contribution in [0.3, 0.4) is 0 Å². The van der Waals surface area contributed by atoms with Gasteiger partial charge in [0.2, 0.25) is 5.91 Å². The van der Waals surface area contributed by atoms with Gasteiger partial charge in [0.15, 0.2) is 0 Å². The SMILES string of the molecule is CC(C)(CN)C(=O)N1CCC2(CCCCC2)C1. The summed E-state index contributed by atoms with van der Waals surface area (Å²) in [6.45, 7) is 6.29. The second kappa shape index (κ2) is 4.60. The van der Waals surface area contributed by atoms with E-state index in [9.17, 15) is 4.79 Å². The molecule has 2 aliphatic rings. The Labute approximate surface area is 105 Å². The molecule has 1 aliphatic carbocycles. The van der Waals surface area contributed by atoms with E-state index in [0.717, 1.165) is 13.1 Å². The number of carbonyl (C=O) groups excluding carboxylic acids is 1. The Morgan fingerprint density at radius 3 is 2.47 bits per heavy atom. The van der Waals surface area contributed by atoms with Crippen molar-refractivity contribution in [3.8, 4) is 0 Å². The first kappa shape index (κ1) is 12.9. The highest BCUT2D eigenvalue weighted by Gasteiger charge is 2.43. The molecular weight excluding hydrogens is 212 g/mol.